The summed E-state index contributed by atoms with van der Waals surface area (Å²) in [6, 6.07) is 16.1. The van der Waals surface area contributed by atoms with Crippen molar-refractivity contribution in [2.45, 2.75) is 19.0 Å². The number of nitrogens with zero attached hydrogens (tertiary/aromatic N) is 2. The van der Waals surface area contributed by atoms with Crippen LogP contribution in [0, 0.1) is 0 Å². The van der Waals surface area contributed by atoms with Crippen LogP contribution < -0.4 is 15.5 Å². The predicted molar refractivity (Wildman–Crippen MR) is 114 cm³/mol. The molecule has 1 aliphatic heterocycles. The van der Waals surface area contributed by atoms with E-state index in [-0.39, 0.29) is 12.6 Å². The van der Waals surface area contributed by atoms with Gasteiger partial charge in [-0.15, -0.1) is 11.3 Å². The Hall–Kier alpha value is -3.19. The summed E-state index contributed by atoms with van der Waals surface area (Å²) in [4.78, 5) is 32.0. The molecule has 2 aromatic heterocycles. The minimum absolute atomic E-state index is 0.00581. The summed E-state index contributed by atoms with van der Waals surface area (Å²) in [5.74, 6) is -1.26. The fraction of sp³-hybridized carbons (Fsp3) is 0.227. The number of amides is 2. The lowest BCUT2D eigenvalue weighted by Crippen LogP contribution is -2.43. The number of rotatable bonds is 6. The zero-order chi connectivity index (χ0) is 20.1. The van der Waals surface area contributed by atoms with Gasteiger partial charge in [0.25, 0.3) is 0 Å². The Morgan fingerprint density at radius 2 is 1.93 bits per heavy atom. The highest BCUT2D eigenvalue weighted by Gasteiger charge is 2.28. The van der Waals surface area contributed by atoms with E-state index in [1.54, 1.807) is 29.8 Å². The molecule has 0 saturated carbocycles. The van der Waals surface area contributed by atoms with E-state index < -0.39 is 11.8 Å². The predicted octanol–water partition coefficient (Wildman–Crippen LogP) is 2.68. The molecular formula is C22H22N4O2S. The molecule has 1 aromatic carbocycles. The fourth-order valence-electron chi connectivity index (χ4n) is 3.57. The SMILES string of the molecule is O=C(NCc1cccnc1)C(=O)NCC(c1cccs1)N1CCc2ccccc21. The minimum atomic E-state index is -0.638. The number of carbonyl (C=O) groups is 2. The molecular weight excluding hydrogens is 384 g/mol. The normalized spacial score (nSPS) is 13.6. The van der Waals surface area contributed by atoms with Gasteiger partial charge in [0.1, 0.15) is 0 Å². The number of benzene rings is 1. The molecule has 0 spiro atoms. The van der Waals surface area contributed by atoms with E-state index in [4.69, 9.17) is 0 Å². The van der Waals surface area contributed by atoms with Crippen LogP contribution in [0.5, 0.6) is 0 Å². The summed E-state index contributed by atoms with van der Waals surface area (Å²) in [6.45, 7) is 1.53. The third-order valence-corrected chi connectivity index (χ3v) is 5.98. The van der Waals surface area contributed by atoms with Crippen LogP contribution in [0.4, 0.5) is 5.69 Å². The number of pyridine rings is 1. The summed E-state index contributed by atoms with van der Waals surface area (Å²) < 4.78 is 0. The van der Waals surface area contributed by atoms with Crippen LogP contribution >= 0.6 is 11.3 Å². The van der Waals surface area contributed by atoms with Gasteiger partial charge in [-0.05, 0) is 41.1 Å². The number of aromatic nitrogens is 1. The number of thiophene rings is 1. The van der Waals surface area contributed by atoms with Gasteiger partial charge < -0.3 is 15.5 Å². The van der Waals surface area contributed by atoms with Crippen molar-refractivity contribution in [3.8, 4) is 0 Å². The smallest absolute Gasteiger partial charge is 0.309 e. The van der Waals surface area contributed by atoms with Crippen LogP contribution in [0.1, 0.15) is 22.0 Å². The highest BCUT2D eigenvalue weighted by Crippen LogP contribution is 2.36. The molecule has 0 aliphatic carbocycles. The second-order valence-corrected chi connectivity index (χ2v) is 7.84. The molecule has 4 rings (SSSR count). The first-order valence-electron chi connectivity index (χ1n) is 9.55. The van der Waals surface area contributed by atoms with Crippen molar-refractivity contribution in [1.82, 2.24) is 15.6 Å². The molecule has 0 fully saturated rings. The number of nitrogens with one attached hydrogen (secondary N) is 2. The van der Waals surface area contributed by atoms with E-state index in [2.05, 4.69) is 44.8 Å². The van der Waals surface area contributed by atoms with Crippen LogP contribution in [-0.2, 0) is 22.6 Å². The van der Waals surface area contributed by atoms with Crippen LogP contribution in [0.15, 0.2) is 66.3 Å². The Balaban J connectivity index is 1.40. The Labute approximate surface area is 173 Å². The van der Waals surface area contributed by atoms with Crippen molar-refractivity contribution < 1.29 is 9.59 Å². The van der Waals surface area contributed by atoms with E-state index in [0.29, 0.717) is 6.54 Å². The first kappa shape index (κ1) is 19.1. The first-order valence-corrected chi connectivity index (χ1v) is 10.4. The molecule has 148 valence electrons. The molecule has 7 heteroatoms. The van der Waals surface area contributed by atoms with Gasteiger partial charge in [-0.3, -0.25) is 14.6 Å². The summed E-state index contributed by atoms with van der Waals surface area (Å²) in [5, 5.41) is 7.49. The number of para-hydroxylation sites is 1. The maximum atomic E-state index is 12.3. The Morgan fingerprint density at radius 3 is 2.72 bits per heavy atom. The van der Waals surface area contributed by atoms with Crippen molar-refractivity contribution in [3.63, 3.8) is 0 Å². The molecule has 1 atom stereocenters. The van der Waals surface area contributed by atoms with E-state index in [1.165, 1.54) is 11.3 Å². The highest BCUT2D eigenvalue weighted by molar-refractivity contribution is 7.10. The molecule has 1 aliphatic rings. The molecule has 3 aromatic rings. The molecule has 3 heterocycles. The lowest BCUT2D eigenvalue weighted by molar-refractivity contribution is -0.139. The summed E-state index contributed by atoms with van der Waals surface area (Å²) in [5.41, 5.74) is 3.36. The maximum Gasteiger partial charge on any atom is 0.309 e. The van der Waals surface area contributed by atoms with Crippen LogP contribution in [0.25, 0.3) is 0 Å². The largest absolute Gasteiger partial charge is 0.361 e. The lowest BCUT2D eigenvalue weighted by Gasteiger charge is -2.30. The molecule has 0 saturated heterocycles. The third-order valence-electron chi connectivity index (χ3n) is 5.01. The average Bonchev–Trinajstić information content (AvgIpc) is 3.44. The van der Waals surface area contributed by atoms with Crippen molar-refractivity contribution in [3.05, 3.63) is 82.3 Å². The van der Waals surface area contributed by atoms with Crippen molar-refractivity contribution in [1.29, 1.82) is 0 Å². The van der Waals surface area contributed by atoms with Gasteiger partial charge in [0, 0.05) is 42.6 Å². The van der Waals surface area contributed by atoms with Gasteiger partial charge >= 0.3 is 11.8 Å². The van der Waals surface area contributed by atoms with E-state index in [9.17, 15) is 9.59 Å². The zero-order valence-electron chi connectivity index (χ0n) is 15.9. The van der Waals surface area contributed by atoms with Crippen LogP contribution in [0.3, 0.4) is 0 Å². The molecule has 6 nitrogen and oxygen atoms in total. The molecule has 2 amide bonds. The van der Waals surface area contributed by atoms with Gasteiger partial charge in [0.15, 0.2) is 0 Å². The van der Waals surface area contributed by atoms with E-state index in [1.807, 2.05) is 23.6 Å². The van der Waals surface area contributed by atoms with Crippen molar-refractivity contribution in [2.75, 3.05) is 18.0 Å². The molecule has 2 N–H and O–H groups in total. The molecule has 0 bridgehead atoms. The number of hydrogen-bond acceptors (Lipinski definition) is 5. The minimum Gasteiger partial charge on any atom is -0.361 e. The summed E-state index contributed by atoms with van der Waals surface area (Å²) in [7, 11) is 0. The highest BCUT2D eigenvalue weighted by atomic mass is 32.1. The molecule has 29 heavy (non-hydrogen) atoms. The number of fused-ring (bicyclic) bond motifs is 1. The number of anilines is 1. The van der Waals surface area contributed by atoms with Crippen molar-refractivity contribution in [2.24, 2.45) is 0 Å². The summed E-state index contributed by atoms with van der Waals surface area (Å²) in [6.07, 6.45) is 4.31. The molecule has 0 radical (unpaired) electrons. The summed E-state index contributed by atoms with van der Waals surface area (Å²) >= 11 is 1.66. The van der Waals surface area contributed by atoms with Gasteiger partial charge in [-0.2, -0.15) is 0 Å². The van der Waals surface area contributed by atoms with E-state index >= 15 is 0 Å². The molecule has 1 unspecified atom stereocenters. The first-order chi connectivity index (χ1) is 14.2. The number of hydrogen-bond donors (Lipinski definition) is 2. The van der Waals surface area contributed by atoms with Crippen LogP contribution in [-0.4, -0.2) is 29.9 Å². The van der Waals surface area contributed by atoms with Gasteiger partial charge in [-0.25, -0.2) is 0 Å². The zero-order valence-corrected chi connectivity index (χ0v) is 16.7. The van der Waals surface area contributed by atoms with Gasteiger partial charge in [0.2, 0.25) is 0 Å². The van der Waals surface area contributed by atoms with Gasteiger partial charge in [0.05, 0.1) is 6.04 Å². The quantitative estimate of drug-likeness (QED) is 0.618. The Kier molecular flexibility index (Phi) is 5.86. The Morgan fingerprint density at radius 1 is 1.07 bits per heavy atom. The fourth-order valence-corrected chi connectivity index (χ4v) is 4.41. The van der Waals surface area contributed by atoms with E-state index in [0.717, 1.165) is 23.4 Å². The monoisotopic (exact) mass is 406 g/mol. The Bertz CT molecular complexity index is 975. The number of carbonyl (C=O) groups excluding carboxylic acids is 2. The van der Waals surface area contributed by atoms with Crippen LogP contribution in [0.2, 0.25) is 0 Å². The standard InChI is InChI=1S/C22H22N4O2S/c27-21(24-14-16-5-3-10-23-13-16)22(28)25-15-19(20-8-4-12-29-20)26-11-9-17-6-1-2-7-18(17)26/h1-8,10,12-13,19H,9,11,14-15H2,(H,24,27)(H,25,28). The van der Waals surface area contributed by atoms with Gasteiger partial charge in [-0.1, -0.05) is 30.3 Å². The second kappa shape index (κ2) is 8.87. The maximum absolute atomic E-state index is 12.3. The second-order valence-electron chi connectivity index (χ2n) is 6.86. The third kappa shape index (κ3) is 4.46. The lowest BCUT2D eigenvalue weighted by atomic mass is 10.1. The van der Waals surface area contributed by atoms with Crippen molar-refractivity contribution >= 4 is 28.8 Å². The average molecular weight is 407 g/mol. The topological polar surface area (TPSA) is 74.3 Å².